The Morgan fingerprint density at radius 2 is 2.04 bits per heavy atom. The molecule has 2 aromatic heterocycles. The molecule has 0 unspecified atom stereocenters. The number of nitro benzene ring substituents is 1. The van der Waals surface area contributed by atoms with E-state index in [0.717, 1.165) is 21.3 Å². The average molecular weight is 386 g/mol. The number of carbonyl (C=O) groups excluding carboxylic acids is 1. The summed E-state index contributed by atoms with van der Waals surface area (Å²) in [4.78, 5) is 32.2. The second kappa shape index (κ2) is 8.09. The monoisotopic (exact) mass is 386 g/mol. The van der Waals surface area contributed by atoms with Gasteiger partial charge in [0.05, 0.1) is 16.9 Å². The minimum atomic E-state index is -0.417. The number of nitrogens with zero attached hydrogens (tertiary/aromatic N) is 3. The Morgan fingerprint density at radius 3 is 2.70 bits per heavy atom. The summed E-state index contributed by atoms with van der Waals surface area (Å²) in [5.74, 6) is 0.307. The molecule has 140 valence electrons. The Balaban J connectivity index is 1.75. The number of carbonyl (C=O) groups is 1. The number of rotatable bonds is 7. The third kappa shape index (κ3) is 4.03. The van der Waals surface area contributed by atoms with Gasteiger partial charge in [0.1, 0.15) is 21.9 Å². The Labute approximate surface area is 159 Å². The van der Waals surface area contributed by atoms with Crippen molar-refractivity contribution in [2.45, 2.75) is 20.3 Å². The fraction of sp³-hybridized carbons (Fsp3) is 0.278. The van der Waals surface area contributed by atoms with Crippen LogP contribution in [0.2, 0.25) is 0 Å². The van der Waals surface area contributed by atoms with Gasteiger partial charge >= 0.3 is 5.97 Å². The Bertz CT molecular complexity index is 985. The van der Waals surface area contributed by atoms with Crippen LogP contribution in [-0.2, 0) is 11.2 Å². The summed E-state index contributed by atoms with van der Waals surface area (Å²) in [6.07, 6.45) is 2.14. The molecule has 0 saturated heterocycles. The van der Waals surface area contributed by atoms with E-state index in [2.05, 4.69) is 15.3 Å². The highest BCUT2D eigenvalue weighted by molar-refractivity contribution is 7.20. The predicted molar refractivity (Wildman–Crippen MR) is 103 cm³/mol. The Morgan fingerprint density at radius 1 is 1.30 bits per heavy atom. The van der Waals surface area contributed by atoms with Crippen LogP contribution in [0, 0.1) is 17.0 Å². The molecule has 2 heterocycles. The van der Waals surface area contributed by atoms with Gasteiger partial charge in [-0.2, -0.15) is 0 Å². The molecule has 0 atom stereocenters. The summed E-state index contributed by atoms with van der Waals surface area (Å²) >= 11 is 1.29. The number of non-ortho nitro benzene ring substituents is 1. The average Bonchev–Trinajstić information content (AvgIpc) is 3.00. The smallest absolute Gasteiger partial charge is 0.348 e. The quantitative estimate of drug-likeness (QED) is 0.374. The van der Waals surface area contributed by atoms with Crippen molar-refractivity contribution in [3.8, 4) is 0 Å². The van der Waals surface area contributed by atoms with E-state index in [0.29, 0.717) is 30.3 Å². The number of aryl methyl sites for hydroxylation is 1. The van der Waals surface area contributed by atoms with Gasteiger partial charge in [-0.1, -0.05) is 12.1 Å². The maximum absolute atomic E-state index is 12.1. The van der Waals surface area contributed by atoms with Crippen molar-refractivity contribution in [3.05, 3.63) is 56.7 Å². The molecule has 3 rings (SSSR count). The van der Waals surface area contributed by atoms with Crippen LogP contribution in [0.5, 0.6) is 0 Å². The minimum absolute atomic E-state index is 0.0737. The van der Waals surface area contributed by atoms with Gasteiger partial charge in [-0.3, -0.25) is 10.1 Å². The molecule has 27 heavy (non-hydrogen) atoms. The molecule has 0 aliphatic rings. The molecular weight excluding hydrogens is 368 g/mol. The van der Waals surface area contributed by atoms with Crippen LogP contribution in [0.1, 0.15) is 27.7 Å². The van der Waals surface area contributed by atoms with Gasteiger partial charge in [0.15, 0.2) is 0 Å². The SMILES string of the molecule is CCOC(=O)c1sc2ncnc(NCCc3ccc([N+](=O)[O-])cc3)c2c1C. The molecule has 0 aliphatic heterocycles. The van der Waals surface area contributed by atoms with Crippen LogP contribution in [0.15, 0.2) is 30.6 Å². The summed E-state index contributed by atoms with van der Waals surface area (Å²) in [6, 6.07) is 6.47. The summed E-state index contributed by atoms with van der Waals surface area (Å²) in [5, 5.41) is 14.8. The van der Waals surface area contributed by atoms with Crippen LogP contribution in [0.3, 0.4) is 0 Å². The lowest BCUT2D eigenvalue weighted by Crippen LogP contribution is -2.07. The number of anilines is 1. The second-order valence-corrected chi connectivity index (χ2v) is 6.78. The molecule has 1 aromatic carbocycles. The number of benzene rings is 1. The van der Waals surface area contributed by atoms with E-state index in [-0.39, 0.29) is 11.7 Å². The number of ether oxygens (including phenoxy) is 1. The highest BCUT2D eigenvalue weighted by Gasteiger charge is 2.20. The molecule has 0 aliphatic carbocycles. The lowest BCUT2D eigenvalue weighted by Gasteiger charge is -2.07. The van der Waals surface area contributed by atoms with Crippen LogP contribution >= 0.6 is 11.3 Å². The first-order valence-corrected chi connectivity index (χ1v) is 9.21. The fourth-order valence-corrected chi connectivity index (χ4v) is 3.75. The minimum Gasteiger partial charge on any atom is -0.462 e. The topological polar surface area (TPSA) is 107 Å². The Hall–Kier alpha value is -3.07. The van der Waals surface area contributed by atoms with Crippen molar-refractivity contribution in [1.29, 1.82) is 0 Å². The third-order valence-electron chi connectivity index (χ3n) is 4.04. The molecule has 3 aromatic rings. The van der Waals surface area contributed by atoms with E-state index in [1.807, 2.05) is 6.92 Å². The number of thiophene rings is 1. The molecule has 0 amide bonds. The van der Waals surface area contributed by atoms with Crippen LogP contribution in [0.4, 0.5) is 11.5 Å². The molecule has 0 fully saturated rings. The molecule has 0 radical (unpaired) electrons. The first-order chi connectivity index (χ1) is 13.0. The normalized spacial score (nSPS) is 10.7. The van der Waals surface area contributed by atoms with Crippen LogP contribution in [0.25, 0.3) is 10.2 Å². The zero-order valence-electron chi connectivity index (χ0n) is 14.9. The third-order valence-corrected chi connectivity index (χ3v) is 5.22. The molecule has 8 nitrogen and oxygen atoms in total. The largest absolute Gasteiger partial charge is 0.462 e. The lowest BCUT2D eigenvalue weighted by molar-refractivity contribution is -0.384. The number of nitro groups is 1. The van der Waals surface area contributed by atoms with Crippen molar-refractivity contribution < 1.29 is 14.5 Å². The van der Waals surface area contributed by atoms with E-state index < -0.39 is 4.92 Å². The maximum Gasteiger partial charge on any atom is 0.348 e. The summed E-state index contributed by atoms with van der Waals surface area (Å²) < 4.78 is 5.10. The molecule has 1 N–H and O–H groups in total. The number of esters is 1. The van der Waals surface area contributed by atoms with Crippen LogP contribution in [-0.4, -0.2) is 34.0 Å². The summed E-state index contributed by atoms with van der Waals surface area (Å²) in [7, 11) is 0. The predicted octanol–water partition coefficient (Wildman–Crippen LogP) is 3.74. The second-order valence-electron chi connectivity index (χ2n) is 5.78. The molecular formula is C18H18N4O4S. The van der Waals surface area contributed by atoms with Gasteiger partial charge in [-0.05, 0) is 31.4 Å². The van der Waals surface area contributed by atoms with Crippen molar-refractivity contribution in [2.75, 3.05) is 18.5 Å². The zero-order valence-corrected chi connectivity index (χ0v) is 15.7. The van der Waals surface area contributed by atoms with E-state index in [9.17, 15) is 14.9 Å². The standard InChI is InChI=1S/C18H18N4O4S/c1-3-26-18(23)15-11(2)14-16(20-10-21-17(14)27-15)19-9-8-12-4-6-13(7-5-12)22(24)25/h4-7,10H,3,8-9H2,1-2H3,(H,19,20,21). The number of aromatic nitrogens is 2. The van der Waals surface area contributed by atoms with Gasteiger partial charge in [-0.25, -0.2) is 14.8 Å². The van der Waals surface area contributed by atoms with Crippen LogP contribution < -0.4 is 5.32 Å². The first-order valence-electron chi connectivity index (χ1n) is 8.39. The summed E-state index contributed by atoms with van der Waals surface area (Å²) in [6.45, 7) is 4.54. The van der Waals surface area contributed by atoms with Gasteiger partial charge in [-0.15, -0.1) is 11.3 Å². The molecule has 0 spiro atoms. The zero-order chi connectivity index (χ0) is 19.4. The molecule has 9 heteroatoms. The number of fused-ring (bicyclic) bond motifs is 1. The maximum atomic E-state index is 12.1. The van der Waals surface area contributed by atoms with Crippen molar-refractivity contribution in [3.63, 3.8) is 0 Å². The highest BCUT2D eigenvalue weighted by Crippen LogP contribution is 2.33. The van der Waals surface area contributed by atoms with Gasteiger partial charge in [0, 0.05) is 18.7 Å². The van der Waals surface area contributed by atoms with E-state index in [1.54, 1.807) is 19.1 Å². The number of nitrogens with one attached hydrogen (secondary N) is 1. The highest BCUT2D eigenvalue weighted by atomic mass is 32.1. The lowest BCUT2D eigenvalue weighted by atomic mass is 10.1. The fourth-order valence-electron chi connectivity index (χ4n) is 2.71. The van der Waals surface area contributed by atoms with E-state index >= 15 is 0 Å². The van der Waals surface area contributed by atoms with E-state index in [1.165, 1.54) is 29.8 Å². The van der Waals surface area contributed by atoms with Crippen molar-refractivity contribution in [2.24, 2.45) is 0 Å². The molecule has 0 bridgehead atoms. The van der Waals surface area contributed by atoms with Gasteiger partial charge in [0.25, 0.3) is 5.69 Å². The first kappa shape index (κ1) is 18.7. The van der Waals surface area contributed by atoms with Gasteiger partial charge < -0.3 is 10.1 Å². The number of hydrogen-bond donors (Lipinski definition) is 1. The molecule has 0 saturated carbocycles. The van der Waals surface area contributed by atoms with E-state index in [4.69, 9.17) is 4.74 Å². The van der Waals surface area contributed by atoms with Gasteiger partial charge in [0.2, 0.25) is 0 Å². The van der Waals surface area contributed by atoms with Crippen molar-refractivity contribution >= 4 is 39.0 Å². The Kier molecular flexibility index (Phi) is 5.60. The number of hydrogen-bond acceptors (Lipinski definition) is 8. The summed E-state index contributed by atoms with van der Waals surface area (Å²) in [5.41, 5.74) is 1.85. The van der Waals surface area contributed by atoms with Crippen molar-refractivity contribution in [1.82, 2.24) is 9.97 Å².